The summed E-state index contributed by atoms with van der Waals surface area (Å²) in [5.41, 5.74) is 0.533. The van der Waals surface area contributed by atoms with Crippen LogP contribution in [0.25, 0.3) is 0 Å². The van der Waals surface area contributed by atoms with Crippen molar-refractivity contribution < 1.29 is 19.7 Å². The van der Waals surface area contributed by atoms with Crippen LogP contribution in [-0.4, -0.2) is 35.5 Å². The summed E-state index contributed by atoms with van der Waals surface area (Å²) in [5, 5.41) is 21.3. The van der Waals surface area contributed by atoms with Crippen molar-refractivity contribution >= 4 is 5.97 Å². The molecule has 0 heterocycles. The van der Waals surface area contributed by atoms with Gasteiger partial charge in [-0.2, -0.15) is 0 Å². The smallest absolute Gasteiger partial charge is 0.305 e. The number of aliphatic hydroxyl groups is 2. The predicted molar refractivity (Wildman–Crippen MR) is 113 cm³/mol. The molecule has 4 saturated carbocycles. The topological polar surface area (TPSA) is 66.8 Å². The number of rotatable bonds is 4. The fourth-order valence-corrected chi connectivity index (χ4v) is 8.90. The molecule has 0 aromatic rings. The van der Waals surface area contributed by atoms with Crippen LogP contribution in [-0.2, 0) is 9.53 Å². The van der Waals surface area contributed by atoms with E-state index in [-0.39, 0.29) is 29.5 Å². The maximum atomic E-state index is 11.6. The van der Waals surface area contributed by atoms with E-state index in [2.05, 4.69) is 20.8 Å². The molecule has 0 unspecified atom stereocenters. The van der Waals surface area contributed by atoms with Crippen molar-refractivity contribution in [1.82, 2.24) is 0 Å². The summed E-state index contributed by atoms with van der Waals surface area (Å²) < 4.78 is 4.86. The van der Waals surface area contributed by atoms with E-state index in [0.717, 1.165) is 32.1 Å². The van der Waals surface area contributed by atoms with Crippen molar-refractivity contribution in [1.29, 1.82) is 0 Å². The maximum Gasteiger partial charge on any atom is 0.305 e. The number of carbonyl (C=O) groups is 1. The van der Waals surface area contributed by atoms with Crippen LogP contribution in [0.2, 0.25) is 0 Å². The van der Waals surface area contributed by atoms with Gasteiger partial charge >= 0.3 is 5.97 Å². The van der Waals surface area contributed by atoms with Crippen LogP contribution >= 0.6 is 0 Å². The summed E-state index contributed by atoms with van der Waals surface area (Å²) in [7, 11) is 1.48. The van der Waals surface area contributed by atoms with Crippen molar-refractivity contribution in [2.75, 3.05) is 7.11 Å². The van der Waals surface area contributed by atoms with E-state index < -0.39 is 0 Å². The van der Waals surface area contributed by atoms with Crippen LogP contribution in [0.3, 0.4) is 0 Å². The highest BCUT2D eigenvalue weighted by atomic mass is 16.5. The molecule has 0 aromatic carbocycles. The van der Waals surface area contributed by atoms with Gasteiger partial charge in [0.05, 0.1) is 19.3 Å². The molecular weight excluding hydrogens is 364 g/mol. The molecule has 4 rings (SSSR count). The summed E-state index contributed by atoms with van der Waals surface area (Å²) in [6, 6.07) is 0. The minimum absolute atomic E-state index is 0.0888. The van der Waals surface area contributed by atoms with Gasteiger partial charge in [-0.15, -0.1) is 0 Å². The Hall–Kier alpha value is -0.610. The van der Waals surface area contributed by atoms with Gasteiger partial charge in [0, 0.05) is 6.42 Å². The van der Waals surface area contributed by atoms with E-state index in [1.54, 1.807) is 0 Å². The molecule has 4 aliphatic carbocycles. The van der Waals surface area contributed by atoms with Gasteiger partial charge < -0.3 is 14.9 Å². The first kappa shape index (κ1) is 21.6. The average Bonchev–Trinajstić information content (AvgIpc) is 3.05. The van der Waals surface area contributed by atoms with Crippen LogP contribution in [0.5, 0.6) is 0 Å². The zero-order valence-corrected chi connectivity index (χ0v) is 18.9. The van der Waals surface area contributed by atoms with Gasteiger partial charge in [0.25, 0.3) is 0 Å². The maximum absolute atomic E-state index is 11.6. The molecule has 166 valence electrons. The van der Waals surface area contributed by atoms with Gasteiger partial charge in [0.1, 0.15) is 0 Å². The second-order valence-corrected chi connectivity index (χ2v) is 11.5. The van der Waals surface area contributed by atoms with Gasteiger partial charge in [-0.3, -0.25) is 4.79 Å². The quantitative estimate of drug-likeness (QED) is 0.671. The Morgan fingerprint density at radius 1 is 1.00 bits per heavy atom. The lowest BCUT2D eigenvalue weighted by Crippen LogP contribution is -2.58. The molecule has 0 aliphatic heterocycles. The van der Waals surface area contributed by atoms with E-state index in [0.29, 0.717) is 41.4 Å². The summed E-state index contributed by atoms with van der Waals surface area (Å²) in [5.74, 6) is 3.42. The summed E-state index contributed by atoms with van der Waals surface area (Å²) >= 11 is 0. The van der Waals surface area contributed by atoms with E-state index in [1.807, 2.05) is 0 Å². The highest BCUT2D eigenvalue weighted by Crippen LogP contribution is 2.68. The number of esters is 1. The summed E-state index contributed by atoms with van der Waals surface area (Å²) in [4.78, 5) is 11.6. The largest absolute Gasteiger partial charge is 0.469 e. The minimum atomic E-state index is -0.255. The number of methoxy groups -OCH3 is 1. The lowest BCUT2D eigenvalue weighted by Gasteiger charge is -2.62. The first-order chi connectivity index (χ1) is 13.7. The van der Waals surface area contributed by atoms with E-state index >= 15 is 0 Å². The van der Waals surface area contributed by atoms with E-state index in [9.17, 15) is 15.0 Å². The molecule has 29 heavy (non-hydrogen) atoms. The van der Waals surface area contributed by atoms with Crippen LogP contribution in [0.4, 0.5) is 0 Å². The Balaban J connectivity index is 1.52. The van der Waals surface area contributed by atoms with Crippen LogP contribution in [0.15, 0.2) is 0 Å². The average molecular weight is 407 g/mol. The molecule has 0 spiro atoms. The molecule has 4 nitrogen and oxygen atoms in total. The van der Waals surface area contributed by atoms with E-state index in [1.165, 1.54) is 32.8 Å². The highest BCUT2D eigenvalue weighted by molar-refractivity contribution is 5.69. The highest BCUT2D eigenvalue weighted by Gasteiger charge is 2.62. The Morgan fingerprint density at radius 3 is 2.41 bits per heavy atom. The molecule has 0 aromatic heterocycles. The lowest BCUT2D eigenvalue weighted by molar-refractivity contribution is -0.172. The number of carbonyl (C=O) groups excluding carboxylic acids is 1. The summed E-state index contributed by atoms with van der Waals surface area (Å²) in [6.07, 6.45) is 9.77. The van der Waals surface area contributed by atoms with Gasteiger partial charge in [0.2, 0.25) is 0 Å². The Morgan fingerprint density at radius 2 is 1.69 bits per heavy atom. The molecule has 0 radical (unpaired) electrons. The second kappa shape index (κ2) is 7.82. The number of hydrogen-bond acceptors (Lipinski definition) is 4. The molecule has 0 amide bonds. The van der Waals surface area contributed by atoms with Crippen molar-refractivity contribution in [3.63, 3.8) is 0 Å². The molecule has 10 atom stereocenters. The van der Waals surface area contributed by atoms with Gasteiger partial charge in [-0.1, -0.05) is 20.8 Å². The monoisotopic (exact) mass is 406 g/mol. The first-order valence-corrected chi connectivity index (χ1v) is 12.1. The van der Waals surface area contributed by atoms with Crippen molar-refractivity contribution in [2.24, 2.45) is 46.3 Å². The van der Waals surface area contributed by atoms with E-state index in [4.69, 9.17) is 4.74 Å². The zero-order chi connectivity index (χ0) is 21.0. The molecule has 2 N–H and O–H groups in total. The van der Waals surface area contributed by atoms with Gasteiger partial charge in [0.15, 0.2) is 0 Å². The normalized spacial score (nSPS) is 50.2. The van der Waals surface area contributed by atoms with Crippen molar-refractivity contribution in [2.45, 2.75) is 97.2 Å². The predicted octanol–water partition coefficient (Wildman–Crippen LogP) is 4.57. The Kier molecular flexibility index (Phi) is 5.83. The number of ether oxygens (including phenoxy) is 1. The molecule has 4 fully saturated rings. The fraction of sp³-hybridized carbons (Fsp3) is 0.960. The van der Waals surface area contributed by atoms with Crippen molar-refractivity contribution in [3.05, 3.63) is 0 Å². The zero-order valence-electron chi connectivity index (χ0n) is 18.9. The second-order valence-electron chi connectivity index (χ2n) is 11.5. The summed E-state index contributed by atoms with van der Waals surface area (Å²) in [6.45, 7) is 7.28. The molecule has 4 aliphatic rings. The van der Waals surface area contributed by atoms with Crippen molar-refractivity contribution in [3.8, 4) is 0 Å². The first-order valence-electron chi connectivity index (χ1n) is 12.1. The third-order valence-electron chi connectivity index (χ3n) is 10.4. The van der Waals surface area contributed by atoms with Crippen LogP contribution in [0.1, 0.15) is 85.0 Å². The molecule has 0 saturated heterocycles. The van der Waals surface area contributed by atoms with Crippen LogP contribution < -0.4 is 0 Å². The molecule has 0 bridgehead atoms. The molecular formula is C25H42O4. The number of aliphatic hydroxyl groups excluding tert-OH is 2. The number of fused-ring (bicyclic) bond motifs is 5. The lowest BCUT2D eigenvalue weighted by atomic mass is 9.44. The third-order valence-corrected chi connectivity index (χ3v) is 10.4. The Bertz CT molecular complexity index is 620. The SMILES string of the molecule is COC(=O)CC[C@@H](C)[C@H]1CC[C@H]2[C@@H]3C[C@@H](O)[C@H]4C[C@H](O)CC[C@]4(C)[C@H]3CC[C@]12C. The third kappa shape index (κ3) is 3.46. The van der Waals surface area contributed by atoms with Gasteiger partial charge in [-0.25, -0.2) is 0 Å². The standard InChI is InChI=1S/C25H42O4/c1-15(5-8-23(28)29-4)18-6-7-19-17-14-22(27)21-13-16(26)9-11-25(21,3)20(17)10-12-24(18,19)2/h15-22,26-27H,5-14H2,1-4H3/t15-,16-,17+,18-,19+,20+,21-,22-,24-,25-/m1/s1. The Labute approximate surface area is 176 Å². The number of hydrogen-bond donors (Lipinski definition) is 2. The minimum Gasteiger partial charge on any atom is -0.469 e. The van der Waals surface area contributed by atoms with Crippen LogP contribution in [0, 0.1) is 46.3 Å². The molecule has 4 heteroatoms. The fourth-order valence-electron chi connectivity index (χ4n) is 8.90. The van der Waals surface area contributed by atoms with Gasteiger partial charge in [-0.05, 0) is 104 Å².